The fraction of sp³-hybridized carbons (Fsp3) is 0.167. The summed E-state index contributed by atoms with van der Waals surface area (Å²) < 4.78 is 5.17. The number of aliphatic hydroxyl groups excluding tert-OH is 1. The van der Waals surface area contributed by atoms with E-state index in [0.29, 0.717) is 12.0 Å². The molecule has 106 valence electrons. The predicted octanol–water partition coefficient (Wildman–Crippen LogP) is 3.33. The molecule has 0 heterocycles. The van der Waals surface area contributed by atoms with E-state index in [1.807, 2.05) is 48.5 Å². The van der Waals surface area contributed by atoms with Gasteiger partial charge >= 0.3 is 0 Å². The molecule has 3 nitrogen and oxygen atoms in total. The van der Waals surface area contributed by atoms with Gasteiger partial charge in [-0.05, 0) is 28.8 Å². The fourth-order valence-corrected chi connectivity index (χ4v) is 2.71. The molecule has 0 amide bonds. The summed E-state index contributed by atoms with van der Waals surface area (Å²) in [7, 11) is 1.60. The van der Waals surface area contributed by atoms with Crippen molar-refractivity contribution in [1.82, 2.24) is 0 Å². The molecule has 0 saturated carbocycles. The second-order valence-corrected chi connectivity index (χ2v) is 5.11. The maximum Gasteiger partial charge on any atom is 0.171 e. The Bertz CT molecular complexity index is 729. The van der Waals surface area contributed by atoms with Gasteiger partial charge in [0.15, 0.2) is 5.78 Å². The van der Waals surface area contributed by atoms with Gasteiger partial charge in [0.25, 0.3) is 0 Å². The number of hydrogen-bond acceptors (Lipinski definition) is 3. The number of Topliss-reactive ketones (excluding diaryl/α,β-unsaturated/α-hetero) is 1. The first kappa shape index (κ1) is 13.4. The minimum Gasteiger partial charge on any atom is -0.511 e. The highest BCUT2D eigenvalue weighted by molar-refractivity contribution is 6.23. The van der Waals surface area contributed by atoms with Gasteiger partial charge in [-0.25, -0.2) is 0 Å². The van der Waals surface area contributed by atoms with Gasteiger partial charge in [-0.3, -0.25) is 4.79 Å². The number of carbonyl (C=O) groups is 1. The van der Waals surface area contributed by atoms with Gasteiger partial charge in [0, 0.05) is 12.8 Å². The monoisotopic (exact) mass is 280 g/mol. The van der Waals surface area contributed by atoms with Crippen LogP contribution in [0.2, 0.25) is 0 Å². The lowest BCUT2D eigenvalue weighted by atomic mass is 9.98. The lowest BCUT2D eigenvalue weighted by Gasteiger charge is -2.07. The van der Waals surface area contributed by atoms with Crippen molar-refractivity contribution in [2.75, 3.05) is 7.11 Å². The summed E-state index contributed by atoms with van der Waals surface area (Å²) in [5.41, 5.74) is 3.18. The maximum absolute atomic E-state index is 12.5. The number of fused-ring (bicyclic) bond motifs is 1. The van der Waals surface area contributed by atoms with Gasteiger partial charge in [0.2, 0.25) is 0 Å². The number of rotatable bonds is 4. The van der Waals surface area contributed by atoms with E-state index in [1.54, 1.807) is 7.11 Å². The zero-order valence-electron chi connectivity index (χ0n) is 11.8. The first-order valence-corrected chi connectivity index (χ1v) is 6.85. The van der Waals surface area contributed by atoms with Crippen LogP contribution in [-0.2, 0) is 17.6 Å². The minimum absolute atomic E-state index is 0.0642. The summed E-state index contributed by atoms with van der Waals surface area (Å²) in [5, 5.41) is 10.1. The Kier molecular flexibility index (Phi) is 3.48. The number of ketones is 1. The van der Waals surface area contributed by atoms with Crippen LogP contribution in [0.5, 0.6) is 5.75 Å². The van der Waals surface area contributed by atoms with Crippen molar-refractivity contribution in [1.29, 1.82) is 0 Å². The van der Waals surface area contributed by atoms with Crippen LogP contribution in [0, 0.1) is 0 Å². The number of hydrogen-bond donors (Lipinski definition) is 1. The molecule has 3 rings (SSSR count). The molecule has 0 aromatic heterocycles. The number of methoxy groups -OCH3 is 1. The lowest BCUT2D eigenvalue weighted by molar-refractivity contribution is -0.113. The van der Waals surface area contributed by atoms with Crippen LogP contribution in [0.3, 0.4) is 0 Å². The number of carbonyl (C=O) groups excluding carboxylic acids is 1. The molecule has 0 radical (unpaired) electrons. The topological polar surface area (TPSA) is 46.5 Å². The third kappa shape index (κ3) is 2.55. The Labute approximate surface area is 123 Å². The van der Waals surface area contributed by atoms with E-state index in [1.165, 1.54) is 0 Å². The van der Waals surface area contributed by atoms with Crippen molar-refractivity contribution in [3.8, 4) is 5.75 Å². The van der Waals surface area contributed by atoms with Crippen LogP contribution in [0.4, 0.5) is 0 Å². The first-order valence-electron chi connectivity index (χ1n) is 6.85. The Hall–Kier alpha value is -2.55. The third-order valence-electron chi connectivity index (χ3n) is 3.71. The molecule has 0 bridgehead atoms. The highest BCUT2D eigenvalue weighted by Gasteiger charge is 2.26. The molecule has 21 heavy (non-hydrogen) atoms. The third-order valence-corrected chi connectivity index (χ3v) is 3.71. The average molecular weight is 280 g/mol. The molecule has 0 aliphatic heterocycles. The van der Waals surface area contributed by atoms with Gasteiger partial charge in [-0.1, -0.05) is 36.4 Å². The molecule has 0 spiro atoms. The van der Waals surface area contributed by atoms with Gasteiger partial charge in [0.05, 0.1) is 12.7 Å². The molecule has 0 fully saturated rings. The molecule has 0 saturated heterocycles. The molecule has 1 aliphatic rings. The molecule has 2 aromatic carbocycles. The van der Waals surface area contributed by atoms with Crippen molar-refractivity contribution < 1.29 is 14.6 Å². The van der Waals surface area contributed by atoms with E-state index in [-0.39, 0.29) is 18.0 Å². The van der Waals surface area contributed by atoms with Crippen LogP contribution in [-0.4, -0.2) is 18.0 Å². The molecule has 1 N–H and O–H groups in total. The molecule has 2 aromatic rings. The van der Waals surface area contributed by atoms with E-state index in [4.69, 9.17) is 4.74 Å². The molecular weight excluding hydrogens is 264 g/mol. The van der Waals surface area contributed by atoms with Crippen LogP contribution in [0.1, 0.15) is 16.7 Å². The summed E-state index contributed by atoms with van der Waals surface area (Å²) in [5.74, 6) is 0.833. The summed E-state index contributed by atoms with van der Waals surface area (Å²) in [6.45, 7) is 0. The molecule has 0 atom stereocenters. The Balaban J connectivity index is 1.87. The van der Waals surface area contributed by atoms with Crippen LogP contribution in [0.15, 0.2) is 54.3 Å². The van der Waals surface area contributed by atoms with E-state index in [2.05, 4.69) is 0 Å². The summed E-state index contributed by atoms with van der Waals surface area (Å²) >= 11 is 0. The molecule has 1 aliphatic carbocycles. The number of aliphatic hydroxyl groups is 1. The van der Waals surface area contributed by atoms with Gasteiger partial charge < -0.3 is 9.84 Å². The maximum atomic E-state index is 12.5. The highest BCUT2D eigenvalue weighted by Crippen LogP contribution is 2.32. The van der Waals surface area contributed by atoms with Gasteiger partial charge in [-0.2, -0.15) is 0 Å². The summed E-state index contributed by atoms with van der Waals surface area (Å²) in [6.07, 6.45) is 0.695. The summed E-state index contributed by atoms with van der Waals surface area (Å²) in [4.78, 5) is 12.5. The second kappa shape index (κ2) is 5.44. The fourth-order valence-electron chi connectivity index (χ4n) is 2.71. The molecule has 0 unspecified atom stereocenters. The van der Waals surface area contributed by atoms with Crippen molar-refractivity contribution >= 4 is 11.4 Å². The smallest absolute Gasteiger partial charge is 0.171 e. The Morgan fingerprint density at radius 1 is 1.19 bits per heavy atom. The first-order chi connectivity index (χ1) is 10.2. The number of allylic oxidation sites excluding steroid dienone is 2. The van der Waals surface area contributed by atoms with Crippen molar-refractivity contribution in [3.63, 3.8) is 0 Å². The number of benzene rings is 2. The quantitative estimate of drug-likeness (QED) is 0.934. The minimum atomic E-state index is -0.0642. The zero-order valence-corrected chi connectivity index (χ0v) is 11.8. The lowest BCUT2D eigenvalue weighted by Crippen LogP contribution is -2.06. The van der Waals surface area contributed by atoms with Crippen LogP contribution >= 0.6 is 0 Å². The normalized spacial score (nSPS) is 13.2. The van der Waals surface area contributed by atoms with Crippen molar-refractivity contribution in [2.24, 2.45) is 0 Å². The zero-order chi connectivity index (χ0) is 14.8. The van der Waals surface area contributed by atoms with Crippen molar-refractivity contribution in [2.45, 2.75) is 12.8 Å². The number of ether oxygens (including phenoxy) is 1. The van der Waals surface area contributed by atoms with Gasteiger partial charge in [-0.15, -0.1) is 0 Å². The SMILES string of the molecule is COc1cccc(CC(=O)C2=C(O)Cc3ccccc32)c1. The molecular formula is C18H16O3. The Morgan fingerprint density at radius 3 is 2.81 bits per heavy atom. The standard InChI is InChI=1S/C18H16O3/c1-21-14-7-4-5-12(9-14)10-16(19)18-15-8-3-2-6-13(15)11-17(18)20/h2-9,20H,10-11H2,1H3. The van der Waals surface area contributed by atoms with Crippen molar-refractivity contribution in [3.05, 3.63) is 71.0 Å². The largest absolute Gasteiger partial charge is 0.511 e. The molecule has 3 heteroatoms. The van der Waals surface area contributed by atoms with Gasteiger partial charge in [0.1, 0.15) is 11.5 Å². The second-order valence-electron chi connectivity index (χ2n) is 5.11. The Morgan fingerprint density at radius 2 is 2.00 bits per heavy atom. The predicted molar refractivity (Wildman–Crippen MR) is 81.4 cm³/mol. The van der Waals surface area contributed by atoms with E-state index >= 15 is 0 Å². The van der Waals surface area contributed by atoms with E-state index < -0.39 is 0 Å². The van der Waals surface area contributed by atoms with E-state index in [9.17, 15) is 9.90 Å². The van der Waals surface area contributed by atoms with Crippen LogP contribution in [0.25, 0.3) is 5.57 Å². The van der Waals surface area contributed by atoms with E-state index in [0.717, 1.165) is 22.4 Å². The highest BCUT2D eigenvalue weighted by atomic mass is 16.5. The van der Waals surface area contributed by atoms with Crippen LogP contribution < -0.4 is 4.74 Å². The average Bonchev–Trinajstić information content (AvgIpc) is 2.83. The summed E-state index contributed by atoms with van der Waals surface area (Å²) in [6, 6.07) is 15.1.